The smallest absolute Gasteiger partial charge is 0.323 e. The molecule has 0 aliphatic rings. The van der Waals surface area contributed by atoms with Crippen molar-refractivity contribution in [3.05, 3.63) is 69.6 Å². The molecule has 5 nitrogen and oxygen atoms in total. The maximum absolute atomic E-state index is 12.0. The number of carbonyl (C=O) groups excluding carboxylic acids is 1. The number of imidazole rings is 1. The molecule has 3 aromatic rings. The average molecular weight is 295 g/mol. The first-order valence-corrected chi connectivity index (χ1v) is 7.13. The number of aromatic nitrogens is 2. The number of fused-ring (bicyclic) bond motifs is 1. The van der Waals surface area contributed by atoms with E-state index in [9.17, 15) is 9.59 Å². The molecule has 0 saturated carbocycles. The predicted molar refractivity (Wildman–Crippen MR) is 85.6 cm³/mol. The molecule has 0 aliphatic heterocycles. The van der Waals surface area contributed by atoms with Crippen molar-refractivity contribution >= 4 is 16.9 Å². The zero-order valence-electron chi connectivity index (χ0n) is 12.3. The van der Waals surface area contributed by atoms with Crippen molar-refractivity contribution < 1.29 is 4.79 Å². The molecule has 1 aromatic heterocycles. The maximum atomic E-state index is 12.0. The van der Waals surface area contributed by atoms with E-state index in [1.54, 1.807) is 0 Å². The molecule has 22 heavy (non-hydrogen) atoms. The van der Waals surface area contributed by atoms with Crippen LogP contribution in [0.15, 0.2) is 47.3 Å². The fourth-order valence-electron chi connectivity index (χ4n) is 2.34. The van der Waals surface area contributed by atoms with Gasteiger partial charge in [0.2, 0.25) is 5.91 Å². The summed E-state index contributed by atoms with van der Waals surface area (Å²) in [5, 5.41) is 2.89. The molecule has 0 unspecified atom stereocenters. The van der Waals surface area contributed by atoms with Crippen LogP contribution in [0.4, 0.5) is 0 Å². The normalized spacial score (nSPS) is 10.8. The molecule has 0 aliphatic carbocycles. The Hall–Kier alpha value is -2.82. The predicted octanol–water partition coefficient (Wildman–Crippen LogP) is 2.02. The quantitative estimate of drug-likeness (QED) is 0.688. The Morgan fingerprint density at radius 2 is 1.68 bits per heavy atom. The number of hydrogen-bond acceptors (Lipinski definition) is 2. The van der Waals surface area contributed by atoms with Crippen LogP contribution < -0.4 is 11.0 Å². The topological polar surface area (TPSA) is 77.8 Å². The summed E-state index contributed by atoms with van der Waals surface area (Å²) in [5.74, 6) is -0.0217. The molecule has 0 fully saturated rings. The summed E-state index contributed by atoms with van der Waals surface area (Å²) < 4.78 is 0. The van der Waals surface area contributed by atoms with Crippen molar-refractivity contribution in [1.82, 2.24) is 15.3 Å². The SMILES string of the molecule is Cc1ccc(CC(=O)NCc2ccc3[nH]c(=O)[nH]c3c2)cc1. The molecule has 3 N–H and O–H groups in total. The van der Waals surface area contributed by atoms with Gasteiger partial charge in [0.1, 0.15) is 0 Å². The van der Waals surface area contributed by atoms with Crippen LogP contribution in [-0.4, -0.2) is 15.9 Å². The first-order chi connectivity index (χ1) is 10.6. The molecule has 2 aromatic carbocycles. The lowest BCUT2D eigenvalue weighted by molar-refractivity contribution is -0.120. The molecular formula is C17H17N3O2. The van der Waals surface area contributed by atoms with Crippen molar-refractivity contribution in [2.45, 2.75) is 19.9 Å². The number of rotatable bonds is 4. The maximum Gasteiger partial charge on any atom is 0.323 e. The van der Waals surface area contributed by atoms with E-state index in [-0.39, 0.29) is 11.6 Å². The number of nitrogens with one attached hydrogen (secondary N) is 3. The lowest BCUT2D eigenvalue weighted by atomic mass is 10.1. The molecule has 3 rings (SSSR count). The van der Waals surface area contributed by atoms with Gasteiger partial charge in [0.05, 0.1) is 17.5 Å². The van der Waals surface area contributed by atoms with E-state index in [0.717, 1.165) is 22.2 Å². The number of carbonyl (C=O) groups is 1. The zero-order chi connectivity index (χ0) is 15.5. The van der Waals surface area contributed by atoms with E-state index >= 15 is 0 Å². The minimum atomic E-state index is -0.226. The van der Waals surface area contributed by atoms with E-state index in [2.05, 4.69) is 15.3 Å². The van der Waals surface area contributed by atoms with Gasteiger partial charge in [0.25, 0.3) is 0 Å². The molecule has 112 valence electrons. The molecule has 0 saturated heterocycles. The Balaban J connectivity index is 1.61. The molecule has 0 bridgehead atoms. The Morgan fingerprint density at radius 3 is 2.45 bits per heavy atom. The summed E-state index contributed by atoms with van der Waals surface area (Å²) >= 11 is 0. The number of aryl methyl sites for hydroxylation is 1. The van der Waals surface area contributed by atoms with Crippen LogP contribution in [0.3, 0.4) is 0 Å². The van der Waals surface area contributed by atoms with Crippen molar-refractivity contribution in [3.63, 3.8) is 0 Å². The molecule has 0 radical (unpaired) electrons. The van der Waals surface area contributed by atoms with Crippen LogP contribution in [0.1, 0.15) is 16.7 Å². The second-order valence-electron chi connectivity index (χ2n) is 5.40. The first kappa shape index (κ1) is 14.1. The van der Waals surface area contributed by atoms with Gasteiger partial charge >= 0.3 is 5.69 Å². The van der Waals surface area contributed by atoms with Crippen molar-refractivity contribution in [3.8, 4) is 0 Å². The lowest BCUT2D eigenvalue weighted by Gasteiger charge is -2.06. The van der Waals surface area contributed by atoms with Crippen molar-refractivity contribution in [1.29, 1.82) is 0 Å². The summed E-state index contributed by atoms with van der Waals surface area (Å²) in [4.78, 5) is 28.6. The highest BCUT2D eigenvalue weighted by molar-refractivity contribution is 5.79. The Bertz CT molecular complexity index is 859. The van der Waals surface area contributed by atoms with Crippen LogP contribution in [0, 0.1) is 6.92 Å². The monoisotopic (exact) mass is 295 g/mol. The van der Waals surface area contributed by atoms with Gasteiger partial charge in [-0.1, -0.05) is 35.9 Å². The van der Waals surface area contributed by atoms with Gasteiger partial charge in [0.15, 0.2) is 0 Å². The van der Waals surface area contributed by atoms with Gasteiger partial charge in [-0.3, -0.25) is 4.79 Å². The molecular weight excluding hydrogens is 278 g/mol. The van der Waals surface area contributed by atoms with Crippen LogP contribution in [-0.2, 0) is 17.8 Å². The summed E-state index contributed by atoms with van der Waals surface area (Å²) in [5.41, 5.74) is 4.40. The fourth-order valence-corrected chi connectivity index (χ4v) is 2.34. The van der Waals surface area contributed by atoms with Gasteiger partial charge in [-0.25, -0.2) is 4.79 Å². The van der Waals surface area contributed by atoms with Crippen LogP contribution in [0.2, 0.25) is 0 Å². The standard InChI is InChI=1S/C17H17N3O2/c1-11-2-4-12(5-3-11)9-16(21)18-10-13-6-7-14-15(8-13)20-17(22)19-14/h2-8H,9-10H2,1H3,(H,18,21)(H2,19,20,22). The number of H-pyrrole nitrogens is 2. The van der Waals surface area contributed by atoms with Crippen molar-refractivity contribution in [2.75, 3.05) is 0 Å². The third kappa shape index (κ3) is 3.25. The van der Waals surface area contributed by atoms with Crippen LogP contribution in [0.25, 0.3) is 11.0 Å². The van der Waals surface area contributed by atoms with Gasteiger partial charge in [-0.05, 0) is 30.2 Å². The summed E-state index contributed by atoms with van der Waals surface area (Å²) in [6, 6.07) is 13.5. The Labute approximate surface area is 127 Å². The number of aromatic amines is 2. The van der Waals surface area contributed by atoms with Gasteiger partial charge in [0, 0.05) is 6.54 Å². The Morgan fingerprint density at radius 1 is 1.00 bits per heavy atom. The third-order valence-electron chi connectivity index (χ3n) is 3.56. The van der Waals surface area contributed by atoms with Gasteiger partial charge < -0.3 is 15.3 Å². The number of amides is 1. The van der Waals surface area contributed by atoms with Crippen LogP contribution in [0.5, 0.6) is 0 Å². The molecule has 1 heterocycles. The van der Waals surface area contributed by atoms with E-state index < -0.39 is 0 Å². The molecule has 0 atom stereocenters. The largest absolute Gasteiger partial charge is 0.352 e. The lowest BCUT2D eigenvalue weighted by Crippen LogP contribution is -2.24. The highest BCUT2D eigenvalue weighted by atomic mass is 16.1. The van der Waals surface area contributed by atoms with E-state index in [4.69, 9.17) is 0 Å². The summed E-state index contributed by atoms with van der Waals surface area (Å²) in [7, 11) is 0. The second kappa shape index (κ2) is 5.89. The zero-order valence-corrected chi connectivity index (χ0v) is 12.3. The average Bonchev–Trinajstić information content (AvgIpc) is 2.87. The van der Waals surface area contributed by atoms with Gasteiger partial charge in [-0.2, -0.15) is 0 Å². The first-order valence-electron chi connectivity index (χ1n) is 7.13. The van der Waals surface area contributed by atoms with E-state index in [0.29, 0.717) is 13.0 Å². The molecule has 5 heteroatoms. The van der Waals surface area contributed by atoms with Crippen LogP contribution >= 0.6 is 0 Å². The van der Waals surface area contributed by atoms with Gasteiger partial charge in [-0.15, -0.1) is 0 Å². The summed E-state index contributed by atoms with van der Waals surface area (Å²) in [6.07, 6.45) is 0.365. The highest BCUT2D eigenvalue weighted by Crippen LogP contribution is 2.10. The second-order valence-corrected chi connectivity index (χ2v) is 5.40. The molecule has 0 spiro atoms. The number of hydrogen-bond donors (Lipinski definition) is 3. The minimum Gasteiger partial charge on any atom is -0.352 e. The third-order valence-corrected chi connectivity index (χ3v) is 3.56. The van der Waals surface area contributed by atoms with Crippen molar-refractivity contribution in [2.24, 2.45) is 0 Å². The highest BCUT2D eigenvalue weighted by Gasteiger charge is 2.04. The number of benzene rings is 2. The van der Waals surface area contributed by atoms with E-state index in [1.807, 2.05) is 49.4 Å². The summed E-state index contributed by atoms with van der Waals surface area (Å²) in [6.45, 7) is 2.46. The fraction of sp³-hybridized carbons (Fsp3) is 0.176. The van der Waals surface area contributed by atoms with E-state index in [1.165, 1.54) is 5.56 Å². The minimum absolute atomic E-state index is 0.0217. The Kier molecular flexibility index (Phi) is 3.78. The molecule has 1 amide bonds.